The molecule has 0 atom stereocenters. The fourth-order valence-corrected chi connectivity index (χ4v) is 1.44. The minimum atomic E-state index is -0.383. The molecule has 1 aromatic rings. The first-order valence-corrected chi connectivity index (χ1v) is 5.79. The number of para-hydroxylation sites is 1. The van der Waals surface area contributed by atoms with Gasteiger partial charge in [-0.15, -0.1) is 0 Å². The summed E-state index contributed by atoms with van der Waals surface area (Å²) < 4.78 is 16.1. The van der Waals surface area contributed by atoms with Crippen molar-refractivity contribution in [2.24, 2.45) is 5.41 Å². The van der Waals surface area contributed by atoms with Gasteiger partial charge in [0.15, 0.2) is 11.5 Å². The maximum Gasteiger partial charge on any atom is 0.203 e. The third-order valence-corrected chi connectivity index (χ3v) is 2.65. The molecule has 4 heteroatoms. The van der Waals surface area contributed by atoms with E-state index >= 15 is 0 Å². The number of benzene rings is 1. The first-order valence-electron chi connectivity index (χ1n) is 5.79. The van der Waals surface area contributed by atoms with E-state index in [1.54, 1.807) is 14.2 Å². The molecule has 0 aliphatic carbocycles. The monoisotopic (exact) mass is 249 g/mol. The van der Waals surface area contributed by atoms with Crippen LogP contribution in [0.15, 0.2) is 18.2 Å². The summed E-state index contributed by atoms with van der Waals surface area (Å²) in [5.41, 5.74) is -0.383. The van der Waals surface area contributed by atoms with E-state index < -0.39 is 0 Å². The molecule has 98 valence electrons. The van der Waals surface area contributed by atoms with Crippen LogP contribution in [0.2, 0.25) is 0 Å². The first kappa shape index (κ1) is 14.2. The van der Waals surface area contributed by atoms with Gasteiger partial charge in [-0.2, -0.15) is 5.26 Å². The molecule has 0 saturated heterocycles. The van der Waals surface area contributed by atoms with Gasteiger partial charge in [0, 0.05) is 0 Å². The van der Waals surface area contributed by atoms with Gasteiger partial charge >= 0.3 is 0 Å². The number of methoxy groups -OCH3 is 2. The first-order chi connectivity index (χ1) is 8.54. The van der Waals surface area contributed by atoms with Gasteiger partial charge in [0.25, 0.3) is 0 Å². The zero-order chi connectivity index (χ0) is 13.6. The molecule has 1 aromatic carbocycles. The summed E-state index contributed by atoms with van der Waals surface area (Å²) in [6.45, 7) is 4.24. The third kappa shape index (κ3) is 3.56. The highest BCUT2D eigenvalue weighted by molar-refractivity contribution is 5.50. The van der Waals surface area contributed by atoms with Crippen molar-refractivity contribution in [3.8, 4) is 23.3 Å². The summed E-state index contributed by atoms with van der Waals surface area (Å²) in [7, 11) is 3.16. The summed E-state index contributed by atoms with van der Waals surface area (Å²) in [4.78, 5) is 0. The largest absolute Gasteiger partial charge is 0.493 e. The van der Waals surface area contributed by atoms with Gasteiger partial charge in [-0.1, -0.05) is 6.07 Å². The molecule has 0 aliphatic rings. The van der Waals surface area contributed by atoms with E-state index in [0.717, 1.165) is 0 Å². The van der Waals surface area contributed by atoms with Gasteiger partial charge in [0.1, 0.15) is 0 Å². The van der Waals surface area contributed by atoms with Gasteiger partial charge in [0.05, 0.1) is 32.3 Å². The maximum absolute atomic E-state index is 8.92. The van der Waals surface area contributed by atoms with Crippen LogP contribution in [0.25, 0.3) is 0 Å². The lowest BCUT2D eigenvalue weighted by molar-refractivity contribution is 0.248. The SMILES string of the molecule is COc1cccc(OCCC(C)(C)C#N)c1OC. The Hall–Kier alpha value is -1.89. The van der Waals surface area contributed by atoms with Crippen LogP contribution >= 0.6 is 0 Å². The Morgan fingerprint density at radius 3 is 2.39 bits per heavy atom. The van der Waals surface area contributed by atoms with Crippen molar-refractivity contribution in [3.05, 3.63) is 18.2 Å². The summed E-state index contributed by atoms with van der Waals surface area (Å²) in [6.07, 6.45) is 0.657. The van der Waals surface area contributed by atoms with E-state index in [-0.39, 0.29) is 5.41 Å². The average Bonchev–Trinajstić information content (AvgIpc) is 2.38. The lowest BCUT2D eigenvalue weighted by Gasteiger charge is -2.17. The molecule has 0 unspecified atom stereocenters. The molecule has 0 amide bonds. The van der Waals surface area contributed by atoms with Crippen molar-refractivity contribution in [2.75, 3.05) is 20.8 Å². The quantitative estimate of drug-likeness (QED) is 0.777. The zero-order valence-electron chi connectivity index (χ0n) is 11.3. The third-order valence-electron chi connectivity index (χ3n) is 2.65. The van der Waals surface area contributed by atoms with Crippen molar-refractivity contribution in [3.63, 3.8) is 0 Å². The van der Waals surface area contributed by atoms with Crippen molar-refractivity contribution in [2.45, 2.75) is 20.3 Å². The molecule has 1 rings (SSSR count). The number of nitriles is 1. The molecule has 0 heterocycles. The van der Waals surface area contributed by atoms with Crippen LogP contribution in [0.4, 0.5) is 0 Å². The fraction of sp³-hybridized carbons (Fsp3) is 0.500. The number of hydrogen-bond acceptors (Lipinski definition) is 4. The average molecular weight is 249 g/mol. The zero-order valence-corrected chi connectivity index (χ0v) is 11.3. The van der Waals surface area contributed by atoms with E-state index in [1.165, 1.54) is 0 Å². The Morgan fingerprint density at radius 1 is 1.17 bits per heavy atom. The highest BCUT2D eigenvalue weighted by Gasteiger charge is 2.17. The molecule has 4 nitrogen and oxygen atoms in total. The Kier molecular flexibility index (Phi) is 4.85. The molecule has 18 heavy (non-hydrogen) atoms. The topological polar surface area (TPSA) is 51.5 Å². The van der Waals surface area contributed by atoms with Crippen LogP contribution in [0, 0.1) is 16.7 Å². The number of rotatable bonds is 6. The summed E-state index contributed by atoms with van der Waals surface area (Å²) >= 11 is 0. The molecule has 0 fully saturated rings. The molecule has 0 bridgehead atoms. The minimum absolute atomic E-state index is 0.383. The standard InChI is InChI=1S/C14H19NO3/c1-14(2,10-15)8-9-18-12-7-5-6-11(16-3)13(12)17-4/h5-7H,8-9H2,1-4H3. The van der Waals surface area contributed by atoms with Crippen LogP contribution in [0.3, 0.4) is 0 Å². The van der Waals surface area contributed by atoms with Gasteiger partial charge < -0.3 is 14.2 Å². The Labute approximate surface area is 108 Å². The predicted molar refractivity (Wildman–Crippen MR) is 69.1 cm³/mol. The minimum Gasteiger partial charge on any atom is -0.493 e. The van der Waals surface area contributed by atoms with Crippen LogP contribution in [0.1, 0.15) is 20.3 Å². The number of nitrogens with zero attached hydrogens (tertiary/aromatic N) is 1. The fourth-order valence-electron chi connectivity index (χ4n) is 1.44. The van der Waals surface area contributed by atoms with Crippen LogP contribution in [-0.4, -0.2) is 20.8 Å². The predicted octanol–water partition coefficient (Wildman–Crippen LogP) is 3.02. The van der Waals surface area contributed by atoms with Crippen molar-refractivity contribution in [1.29, 1.82) is 5.26 Å². The second-order valence-corrected chi connectivity index (χ2v) is 4.59. The van der Waals surface area contributed by atoms with E-state index in [4.69, 9.17) is 19.5 Å². The molecule has 0 aliphatic heterocycles. The van der Waals surface area contributed by atoms with Crippen molar-refractivity contribution >= 4 is 0 Å². The highest BCUT2D eigenvalue weighted by atomic mass is 16.5. The van der Waals surface area contributed by atoms with E-state index in [0.29, 0.717) is 30.3 Å². The van der Waals surface area contributed by atoms with Gasteiger partial charge in [0.2, 0.25) is 5.75 Å². The summed E-state index contributed by atoms with van der Waals surface area (Å²) in [6, 6.07) is 7.71. The Morgan fingerprint density at radius 2 is 1.83 bits per heavy atom. The van der Waals surface area contributed by atoms with Gasteiger partial charge in [-0.3, -0.25) is 0 Å². The van der Waals surface area contributed by atoms with Crippen LogP contribution < -0.4 is 14.2 Å². The van der Waals surface area contributed by atoms with E-state index in [1.807, 2.05) is 32.0 Å². The number of ether oxygens (including phenoxy) is 3. The second kappa shape index (κ2) is 6.15. The van der Waals surface area contributed by atoms with Gasteiger partial charge in [-0.25, -0.2) is 0 Å². The number of hydrogen-bond donors (Lipinski definition) is 0. The molecule has 0 saturated carbocycles. The summed E-state index contributed by atoms with van der Waals surface area (Å²) in [5, 5.41) is 8.92. The Bertz CT molecular complexity index is 435. The Balaban J connectivity index is 2.71. The molecular weight excluding hydrogens is 230 g/mol. The van der Waals surface area contributed by atoms with Gasteiger partial charge in [-0.05, 0) is 32.4 Å². The normalized spacial score (nSPS) is 10.6. The lowest BCUT2D eigenvalue weighted by atomic mass is 9.92. The van der Waals surface area contributed by atoms with Crippen LogP contribution in [0.5, 0.6) is 17.2 Å². The lowest BCUT2D eigenvalue weighted by Crippen LogP contribution is -2.13. The second-order valence-electron chi connectivity index (χ2n) is 4.59. The smallest absolute Gasteiger partial charge is 0.203 e. The molecule has 0 spiro atoms. The maximum atomic E-state index is 8.92. The molecular formula is C14H19NO3. The van der Waals surface area contributed by atoms with Crippen molar-refractivity contribution in [1.82, 2.24) is 0 Å². The molecule has 0 aromatic heterocycles. The highest BCUT2D eigenvalue weighted by Crippen LogP contribution is 2.36. The summed E-state index contributed by atoms with van der Waals surface area (Å²) in [5.74, 6) is 1.84. The molecule has 0 N–H and O–H groups in total. The van der Waals surface area contributed by atoms with Crippen LogP contribution in [-0.2, 0) is 0 Å². The van der Waals surface area contributed by atoms with E-state index in [2.05, 4.69) is 6.07 Å². The van der Waals surface area contributed by atoms with E-state index in [9.17, 15) is 0 Å². The molecule has 0 radical (unpaired) electrons. The van der Waals surface area contributed by atoms with Crippen molar-refractivity contribution < 1.29 is 14.2 Å².